The van der Waals surface area contributed by atoms with Crippen molar-refractivity contribution in [1.82, 2.24) is 24.7 Å². The minimum absolute atomic E-state index is 0.371. The van der Waals surface area contributed by atoms with Crippen LogP contribution in [0, 0.1) is 0 Å². The number of nitrogens with zero attached hydrogens (tertiary/aromatic N) is 7. The third kappa shape index (κ3) is 3.47. The van der Waals surface area contributed by atoms with Crippen LogP contribution < -0.4 is 4.74 Å². The van der Waals surface area contributed by atoms with Gasteiger partial charge in [0.15, 0.2) is 11.5 Å². The first-order valence-electron chi connectivity index (χ1n) is 8.06. The van der Waals surface area contributed by atoms with E-state index in [1.54, 1.807) is 30.3 Å². The first kappa shape index (κ1) is 17.0. The van der Waals surface area contributed by atoms with E-state index in [0.717, 1.165) is 11.3 Å². The number of aromatic nitrogens is 5. The van der Waals surface area contributed by atoms with Gasteiger partial charge in [0.1, 0.15) is 22.9 Å². The topological polar surface area (TPSA) is 90.4 Å². The lowest BCUT2D eigenvalue weighted by Gasteiger charge is -2.08. The number of methoxy groups -OCH3 is 1. The van der Waals surface area contributed by atoms with Gasteiger partial charge in [0.2, 0.25) is 0 Å². The molecule has 0 aliphatic heterocycles. The third-order valence-corrected chi connectivity index (χ3v) is 4.09. The van der Waals surface area contributed by atoms with Crippen molar-refractivity contribution in [2.24, 2.45) is 10.2 Å². The number of pyridine rings is 1. The van der Waals surface area contributed by atoms with Crippen molar-refractivity contribution in [2.45, 2.75) is 6.54 Å². The Bertz CT molecular complexity index is 1110. The number of hydrogen-bond donors (Lipinski definition) is 0. The molecule has 0 saturated carbocycles. The second-order valence-corrected chi connectivity index (χ2v) is 5.94. The van der Waals surface area contributed by atoms with E-state index < -0.39 is 0 Å². The Morgan fingerprint density at radius 3 is 2.78 bits per heavy atom. The molecule has 0 fully saturated rings. The number of ether oxygens (including phenoxy) is 1. The smallest absolute Gasteiger partial charge is 0.188 e. The molecule has 0 aliphatic rings. The molecular weight excluding hydrogens is 366 g/mol. The second kappa shape index (κ2) is 7.46. The molecule has 27 heavy (non-hydrogen) atoms. The van der Waals surface area contributed by atoms with Gasteiger partial charge in [-0.05, 0) is 23.8 Å². The highest BCUT2D eigenvalue weighted by molar-refractivity contribution is 6.29. The summed E-state index contributed by atoms with van der Waals surface area (Å²) in [5, 5.41) is 14.0. The van der Waals surface area contributed by atoms with Crippen LogP contribution in [0.25, 0.3) is 16.7 Å². The van der Waals surface area contributed by atoms with Gasteiger partial charge in [0.25, 0.3) is 0 Å². The first-order chi connectivity index (χ1) is 13.3. The minimum Gasteiger partial charge on any atom is -0.494 e. The van der Waals surface area contributed by atoms with Gasteiger partial charge < -0.3 is 4.74 Å². The van der Waals surface area contributed by atoms with Crippen molar-refractivity contribution in [3.63, 3.8) is 0 Å². The molecule has 0 bridgehead atoms. The van der Waals surface area contributed by atoms with Gasteiger partial charge >= 0.3 is 0 Å². The fraction of sp³-hybridized carbons (Fsp3) is 0.111. The van der Waals surface area contributed by atoms with Crippen LogP contribution in [0.15, 0.2) is 65.3 Å². The second-order valence-electron chi connectivity index (χ2n) is 5.55. The Kier molecular flexibility index (Phi) is 4.71. The van der Waals surface area contributed by atoms with E-state index in [0.29, 0.717) is 34.3 Å². The number of hydrogen-bond acceptors (Lipinski definition) is 7. The Morgan fingerprint density at radius 1 is 1.07 bits per heavy atom. The molecule has 0 N–H and O–H groups in total. The summed E-state index contributed by atoms with van der Waals surface area (Å²) in [6.07, 6.45) is 4.77. The molecule has 4 aromatic rings. The molecule has 8 nitrogen and oxygen atoms in total. The highest BCUT2D eigenvalue weighted by Crippen LogP contribution is 2.28. The fourth-order valence-corrected chi connectivity index (χ4v) is 2.69. The van der Waals surface area contributed by atoms with Crippen molar-refractivity contribution in [1.29, 1.82) is 0 Å². The molecule has 0 radical (unpaired) electrons. The fourth-order valence-electron chi connectivity index (χ4n) is 2.58. The third-order valence-electron chi connectivity index (χ3n) is 3.87. The maximum atomic E-state index is 5.78. The SMILES string of the molecule is COc1ccccc1-n1ncc2c(N=NCc3ccc(Cl)nc3)ncnc21. The average Bonchev–Trinajstić information content (AvgIpc) is 3.14. The monoisotopic (exact) mass is 379 g/mol. The predicted octanol–water partition coefficient (Wildman–Crippen LogP) is 4.16. The van der Waals surface area contributed by atoms with Crippen molar-refractivity contribution in [3.05, 3.63) is 65.8 Å². The van der Waals surface area contributed by atoms with Gasteiger partial charge in [-0.25, -0.2) is 19.6 Å². The number of azo groups is 1. The van der Waals surface area contributed by atoms with Gasteiger partial charge in [-0.3, -0.25) is 0 Å². The average molecular weight is 380 g/mol. The van der Waals surface area contributed by atoms with E-state index in [4.69, 9.17) is 16.3 Å². The summed E-state index contributed by atoms with van der Waals surface area (Å²) in [4.78, 5) is 12.6. The number of benzene rings is 1. The lowest BCUT2D eigenvalue weighted by atomic mass is 10.3. The normalized spacial score (nSPS) is 11.3. The standard InChI is InChI=1S/C18H14ClN7O/c1-27-15-5-3-2-4-14(15)26-18-13(10-24-26)17(21-11-22-18)25-23-9-12-6-7-16(19)20-8-12/h2-8,10-11H,9H2,1H3. The lowest BCUT2D eigenvalue weighted by Crippen LogP contribution is -2.00. The molecule has 0 spiro atoms. The van der Waals surface area contributed by atoms with E-state index in [9.17, 15) is 0 Å². The molecule has 0 atom stereocenters. The first-order valence-corrected chi connectivity index (χ1v) is 8.44. The molecule has 0 saturated heterocycles. The van der Waals surface area contributed by atoms with Crippen LogP contribution in [0.1, 0.15) is 5.56 Å². The molecule has 0 amide bonds. The lowest BCUT2D eigenvalue weighted by molar-refractivity contribution is 0.412. The molecule has 1 aromatic carbocycles. The van der Waals surface area contributed by atoms with Crippen LogP contribution in [0.5, 0.6) is 5.75 Å². The van der Waals surface area contributed by atoms with E-state index in [2.05, 4.69) is 30.3 Å². The molecule has 9 heteroatoms. The van der Waals surface area contributed by atoms with Gasteiger partial charge in [-0.15, -0.1) is 5.11 Å². The number of rotatable bonds is 5. The van der Waals surface area contributed by atoms with Crippen molar-refractivity contribution < 1.29 is 4.74 Å². The van der Waals surface area contributed by atoms with Gasteiger partial charge in [0.05, 0.1) is 25.2 Å². The zero-order valence-corrected chi connectivity index (χ0v) is 15.1. The van der Waals surface area contributed by atoms with Gasteiger partial charge in [-0.2, -0.15) is 10.2 Å². The summed E-state index contributed by atoms with van der Waals surface area (Å²) in [7, 11) is 1.62. The maximum Gasteiger partial charge on any atom is 0.188 e. The Hall–Kier alpha value is -3.39. The summed E-state index contributed by atoms with van der Waals surface area (Å²) in [6.45, 7) is 0.371. The Morgan fingerprint density at radius 2 is 1.96 bits per heavy atom. The minimum atomic E-state index is 0.371. The van der Waals surface area contributed by atoms with Crippen LogP contribution in [0.3, 0.4) is 0 Å². The Balaban J connectivity index is 1.66. The quantitative estimate of drug-likeness (QED) is 0.383. The Labute approximate surface area is 159 Å². The summed E-state index contributed by atoms with van der Waals surface area (Å²) in [6, 6.07) is 11.1. The molecule has 4 rings (SSSR count). The molecule has 134 valence electrons. The zero-order valence-electron chi connectivity index (χ0n) is 14.3. The van der Waals surface area contributed by atoms with Crippen molar-refractivity contribution in [2.75, 3.05) is 7.11 Å². The molecule has 0 aliphatic carbocycles. The van der Waals surface area contributed by atoms with Crippen LogP contribution in [-0.2, 0) is 6.54 Å². The van der Waals surface area contributed by atoms with Crippen LogP contribution >= 0.6 is 11.6 Å². The maximum absolute atomic E-state index is 5.78. The summed E-state index contributed by atoms with van der Waals surface area (Å²) in [5.74, 6) is 1.14. The molecule has 3 aromatic heterocycles. The molecule has 0 unspecified atom stereocenters. The van der Waals surface area contributed by atoms with Gasteiger partial charge in [0, 0.05) is 6.20 Å². The number of fused-ring (bicyclic) bond motifs is 1. The summed E-state index contributed by atoms with van der Waals surface area (Å²) >= 11 is 5.78. The number of para-hydroxylation sites is 2. The molecular formula is C18H14ClN7O. The van der Waals surface area contributed by atoms with E-state index in [1.165, 1.54) is 6.33 Å². The van der Waals surface area contributed by atoms with Crippen molar-refractivity contribution >= 4 is 28.5 Å². The summed E-state index contributed by atoms with van der Waals surface area (Å²) in [5.41, 5.74) is 2.30. The highest BCUT2D eigenvalue weighted by atomic mass is 35.5. The molecule has 3 heterocycles. The van der Waals surface area contributed by atoms with E-state index in [1.807, 2.05) is 30.3 Å². The van der Waals surface area contributed by atoms with Crippen LogP contribution in [0.2, 0.25) is 5.15 Å². The zero-order chi connectivity index (χ0) is 18.6. The van der Waals surface area contributed by atoms with Crippen LogP contribution in [0.4, 0.5) is 5.82 Å². The summed E-state index contributed by atoms with van der Waals surface area (Å²) < 4.78 is 7.10. The largest absolute Gasteiger partial charge is 0.494 e. The van der Waals surface area contributed by atoms with Crippen molar-refractivity contribution in [3.8, 4) is 11.4 Å². The van der Waals surface area contributed by atoms with E-state index >= 15 is 0 Å². The highest BCUT2D eigenvalue weighted by Gasteiger charge is 2.13. The van der Waals surface area contributed by atoms with Gasteiger partial charge in [-0.1, -0.05) is 29.8 Å². The van der Waals surface area contributed by atoms with Crippen LogP contribution in [-0.4, -0.2) is 31.8 Å². The predicted molar refractivity (Wildman–Crippen MR) is 101 cm³/mol. The number of halogens is 1. The van der Waals surface area contributed by atoms with E-state index in [-0.39, 0.29) is 0 Å².